The zero-order valence-corrected chi connectivity index (χ0v) is 16.6. The van der Waals surface area contributed by atoms with Crippen molar-refractivity contribution in [3.05, 3.63) is 98.7 Å². The predicted molar refractivity (Wildman–Crippen MR) is 111 cm³/mol. The molecular formula is C22H20N4O4. The standard InChI is InChI=1S/C22H20N4O4/c1-24-19-17(20(27)25(2)22(24)29)10-11-18(23-19)21(28)26(14-16-9-6-12-30-16)13-15-7-4-3-5-8-15/h3-12H,13-14H2,1-2H3. The van der Waals surface area contributed by atoms with E-state index in [-0.39, 0.29) is 29.2 Å². The lowest BCUT2D eigenvalue weighted by molar-refractivity contribution is 0.0712. The number of aromatic nitrogens is 3. The normalized spacial score (nSPS) is 11.0. The Bertz CT molecular complexity index is 1320. The first kappa shape index (κ1) is 19.4. The Kier molecular flexibility index (Phi) is 5.05. The third kappa shape index (κ3) is 3.55. The van der Waals surface area contributed by atoms with Gasteiger partial charge in [-0.05, 0) is 29.8 Å². The molecule has 30 heavy (non-hydrogen) atoms. The minimum absolute atomic E-state index is 0.147. The van der Waals surface area contributed by atoms with Gasteiger partial charge in [0, 0.05) is 20.6 Å². The lowest BCUT2D eigenvalue weighted by Crippen LogP contribution is -2.37. The summed E-state index contributed by atoms with van der Waals surface area (Å²) >= 11 is 0. The lowest BCUT2D eigenvalue weighted by atomic mass is 10.2. The summed E-state index contributed by atoms with van der Waals surface area (Å²) in [6.07, 6.45) is 1.56. The number of benzene rings is 1. The monoisotopic (exact) mass is 404 g/mol. The number of carbonyl (C=O) groups is 1. The molecule has 0 aliphatic heterocycles. The highest BCUT2D eigenvalue weighted by atomic mass is 16.3. The summed E-state index contributed by atoms with van der Waals surface area (Å²) in [5.74, 6) is 0.312. The first-order valence-corrected chi connectivity index (χ1v) is 9.38. The molecule has 0 radical (unpaired) electrons. The van der Waals surface area contributed by atoms with Crippen LogP contribution in [0.4, 0.5) is 0 Å². The molecule has 0 saturated carbocycles. The van der Waals surface area contributed by atoms with E-state index in [4.69, 9.17) is 4.42 Å². The van der Waals surface area contributed by atoms with Crippen LogP contribution in [0, 0.1) is 0 Å². The third-order valence-corrected chi connectivity index (χ3v) is 4.95. The second-order valence-electron chi connectivity index (χ2n) is 7.00. The van der Waals surface area contributed by atoms with Gasteiger partial charge in [-0.1, -0.05) is 30.3 Å². The maximum atomic E-state index is 13.3. The molecule has 0 bridgehead atoms. The van der Waals surface area contributed by atoms with E-state index in [1.807, 2.05) is 30.3 Å². The Morgan fingerprint density at radius 2 is 1.73 bits per heavy atom. The van der Waals surface area contributed by atoms with Gasteiger partial charge in [-0.2, -0.15) is 0 Å². The van der Waals surface area contributed by atoms with E-state index in [9.17, 15) is 14.4 Å². The number of fused-ring (bicyclic) bond motifs is 1. The molecule has 152 valence electrons. The van der Waals surface area contributed by atoms with Gasteiger partial charge in [0.25, 0.3) is 11.5 Å². The minimum atomic E-state index is -0.499. The van der Waals surface area contributed by atoms with Gasteiger partial charge in [0.15, 0.2) is 0 Å². The summed E-state index contributed by atoms with van der Waals surface area (Å²) in [5.41, 5.74) is 0.331. The lowest BCUT2D eigenvalue weighted by Gasteiger charge is -2.22. The second kappa shape index (κ2) is 7.82. The molecule has 8 nitrogen and oxygen atoms in total. The largest absolute Gasteiger partial charge is 0.467 e. The van der Waals surface area contributed by atoms with Crippen molar-refractivity contribution in [2.24, 2.45) is 14.1 Å². The van der Waals surface area contributed by atoms with Crippen molar-refractivity contribution in [1.29, 1.82) is 0 Å². The van der Waals surface area contributed by atoms with Gasteiger partial charge >= 0.3 is 5.69 Å². The first-order valence-electron chi connectivity index (χ1n) is 9.38. The highest BCUT2D eigenvalue weighted by Crippen LogP contribution is 2.15. The predicted octanol–water partition coefficient (Wildman–Crippen LogP) is 2.07. The van der Waals surface area contributed by atoms with Crippen LogP contribution in [0.5, 0.6) is 0 Å². The molecule has 4 rings (SSSR count). The van der Waals surface area contributed by atoms with Crippen LogP contribution in [-0.2, 0) is 27.2 Å². The van der Waals surface area contributed by atoms with Crippen molar-refractivity contribution >= 4 is 16.9 Å². The molecule has 0 aliphatic carbocycles. The first-order chi connectivity index (χ1) is 14.5. The molecule has 0 N–H and O–H groups in total. The van der Waals surface area contributed by atoms with Crippen LogP contribution in [0.1, 0.15) is 21.8 Å². The fourth-order valence-corrected chi connectivity index (χ4v) is 3.33. The number of hydrogen-bond acceptors (Lipinski definition) is 5. The Hall–Kier alpha value is -3.94. The second-order valence-corrected chi connectivity index (χ2v) is 7.00. The summed E-state index contributed by atoms with van der Waals surface area (Å²) in [6.45, 7) is 0.617. The van der Waals surface area contributed by atoms with Gasteiger partial charge in [-0.25, -0.2) is 9.78 Å². The van der Waals surface area contributed by atoms with E-state index in [1.165, 1.54) is 30.8 Å². The molecule has 3 heterocycles. The molecule has 0 saturated heterocycles. The quantitative estimate of drug-likeness (QED) is 0.508. The van der Waals surface area contributed by atoms with Crippen LogP contribution in [0.25, 0.3) is 11.0 Å². The molecule has 1 amide bonds. The number of hydrogen-bond donors (Lipinski definition) is 0. The Morgan fingerprint density at radius 3 is 2.43 bits per heavy atom. The van der Waals surface area contributed by atoms with E-state index in [1.54, 1.807) is 23.3 Å². The SMILES string of the molecule is Cn1c(=O)c2ccc(C(=O)N(Cc3ccccc3)Cc3ccco3)nc2n(C)c1=O. The van der Waals surface area contributed by atoms with Crippen molar-refractivity contribution in [3.8, 4) is 0 Å². The Morgan fingerprint density at radius 1 is 0.967 bits per heavy atom. The number of nitrogens with zero attached hydrogens (tertiary/aromatic N) is 4. The zero-order chi connectivity index (χ0) is 21.3. The highest BCUT2D eigenvalue weighted by Gasteiger charge is 2.21. The van der Waals surface area contributed by atoms with Crippen molar-refractivity contribution < 1.29 is 9.21 Å². The van der Waals surface area contributed by atoms with Crippen LogP contribution >= 0.6 is 0 Å². The van der Waals surface area contributed by atoms with E-state index in [0.29, 0.717) is 12.3 Å². The van der Waals surface area contributed by atoms with Crippen molar-refractivity contribution in [2.45, 2.75) is 13.1 Å². The van der Waals surface area contributed by atoms with E-state index >= 15 is 0 Å². The van der Waals surface area contributed by atoms with Crippen LogP contribution in [-0.4, -0.2) is 24.9 Å². The Balaban J connectivity index is 1.76. The van der Waals surface area contributed by atoms with Crippen molar-refractivity contribution in [1.82, 2.24) is 19.0 Å². The summed E-state index contributed by atoms with van der Waals surface area (Å²) in [6, 6.07) is 16.2. The minimum Gasteiger partial charge on any atom is -0.467 e. The molecule has 0 unspecified atom stereocenters. The molecule has 0 atom stereocenters. The van der Waals surface area contributed by atoms with Gasteiger partial charge in [0.1, 0.15) is 17.1 Å². The summed E-state index contributed by atoms with van der Waals surface area (Å²) < 4.78 is 7.70. The molecule has 0 fully saturated rings. The number of rotatable bonds is 5. The fourth-order valence-electron chi connectivity index (χ4n) is 3.33. The highest BCUT2D eigenvalue weighted by molar-refractivity contribution is 5.94. The molecule has 4 aromatic rings. The maximum absolute atomic E-state index is 13.3. The van der Waals surface area contributed by atoms with E-state index in [2.05, 4.69) is 4.98 Å². The van der Waals surface area contributed by atoms with Crippen molar-refractivity contribution in [3.63, 3.8) is 0 Å². The molecule has 0 spiro atoms. The van der Waals surface area contributed by atoms with Gasteiger partial charge in [-0.3, -0.25) is 18.7 Å². The molecule has 0 aliphatic rings. The topological polar surface area (TPSA) is 90.3 Å². The van der Waals surface area contributed by atoms with Crippen LogP contribution in [0.3, 0.4) is 0 Å². The zero-order valence-electron chi connectivity index (χ0n) is 16.6. The Labute approximate surface area is 171 Å². The van der Waals surface area contributed by atoms with Crippen LogP contribution in [0.15, 0.2) is 74.9 Å². The van der Waals surface area contributed by atoms with Gasteiger partial charge < -0.3 is 9.32 Å². The smallest absolute Gasteiger partial charge is 0.332 e. The molecule has 8 heteroatoms. The van der Waals surface area contributed by atoms with Crippen LogP contribution < -0.4 is 11.2 Å². The summed E-state index contributed by atoms with van der Waals surface area (Å²) in [4.78, 5) is 43.9. The number of pyridine rings is 1. The van der Waals surface area contributed by atoms with E-state index in [0.717, 1.165) is 10.1 Å². The molecule has 3 aromatic heterocycles. The number of amides is 1. The number of aryl methyl sites for hydroxylation is 1. The van der Waals surface area contributed by atoms with Crippen LogP contribution in [0.2, 0.25) is 0 Å². The van der Waals surface area contributed by atoms with Gasteiger partial charge in [-0.15, -0.1) is 0 Å². The summed E-state index contributed by atoms with van der Waals surface area (Å²) in [7, 11) is 2.93. The van der Waals surface area contributed by atoms with E-state index < -0.39 is 11.2 Å². The van der Waals surface area contributed by atoms with Gasteiger partial charge in [0.05, 0.1) is 18.2 Å². The molecule has 1 aromatic carbocycles. The number of furan rings is 1. The number of carbonyl (C=O) groups excluding carboxylic acids is 1. The average Bonchev–Trinajstić information content (AvgIpc) is 3.29. The third-order valence-electron chi connectivity index (χ3n) is 4.95. The molecular weight excluding hydrogens is 384 g/mol. The average molecular weight is 404 g/mol. The summed E-state index contributed by atoms with van der Waals surface area (Å²) in [5, 5.41) is 0.275. The maximum Gasteiger partial charge on any atom is 0.332 e. The van der Waals surface area contributed by atoms with Gasteiger partial charge in [0.2, 0.25) is 0 Å². The van der Waals surface area contributed by atoms with Crippen molar-refractivity contribution in [2.75, 3.05) is 0 Å². The fraction of sp³-hybridized carbons (Fsp3) is 0.182.